The SMILES string of the molecule is CCOc1ncc(Cl)c(C(=O)O)c1Cl. The van der Waals surface area contributed by atoms with E-state index in [2.05, 4.69) is 4.98 Å². The lowest BCUT2D eigenvalue weighted by Gasteiger charge is -2.07. The smallest absolute Gasteiger partial charge is 0.339 e. The number of aromatic carboxylic acids is 1. The van der Waals surface area contributed by atoms with E-state index in [1.54, 1.807) is 6.92 Å². The first-order valence-electron chi connectivity index (χ1n) is 3.78. The molecule has 0 amide bonds. The van der Waals surface area contributed by atoms with Gasteiger partial charge in [-0.1, -0.05) is 23.2 Å². The highest BCUT2D eigenvalue weighted by molar-refractivity contribution is 6.39. The van der Waals surface area contributed by atoms with Crippen LogP contribution in [0, 0.1) is 0 Å². The molecule has 76 valence electrons. The molecule has 0 aromatic carbocycles. The topological polar surface area (TPSA) is 59.4 Å². The van der Waals surface area contributed by atoms with Crippen molar-refractivity contribution in [1.29, 1.82) is 0 Å². The Morgan fingerprint density at radius 3 is 2.79 bits per heavy atom. The van der Waals surface area contributed by atoms with Gasteiger partial charge in [0.15, 0.2) is 0 Å². The van der Waals surface area contributed by atoms with Gasteiger partial charge in [-0.3, -0.25) is 0 Å². The molecule has 1 rings (SSSR count). The van der Waals surface area contributed by atoms with Crippen molar-refractivity contribution < 1.29 is 14.6 Å². The lowest BCUT2D eigenvalue weighted by atomic mass is 10.2. The van der Waals surface area contributed by atoms with Crippen LogP contribution in [0.1, 0.15) is 17.3 Å². The summed E-state index contributed by atoms with van der Waals surface area (Å²) < 4.78 is 5.02. The molecule has 1 N–H and O–H groups in total. The van der Waals surface area contributed by atoms with Gasteiger partial charge in [0.1, 0.15) is 10.6 Å². The standard InChI is InChI=1S/C8H7Cl2NO3/c1-2-14-7-6(10)5(8(12)13)4(9)3-11-7/h3H,2H2,1H3,(H,12,13). The number of carboxylic acids is 1. The molecule has 0 saturated carbocycles. The van der Waals surface area contributed by atoms with Crippen molar-refractivity contribution in [3.8, 4) is 5.88 Å². The molecule has 4 nitrogen and oxygen atoms in total. The summed E-state index contributed by atoms with van der Waals surface area (Å²) in [5, 5.41) is 8.70. The Labute approximate surface area is 90.4 Å². The zero-order chi connectivity index (χ0) is 10.7. The van der Waals surface area contributed by atoms with Gasteiger partial charge < -0.3 is 9.84 Å². The third-order valence-corrected chi connectivity index (χ3v) is 2.07. The van der Waals surface area contributed by atoms with E-state index in [9.17, 15) is 4.79 Å². The van der Waals surface area contributed by atoms with Crippen molar-refractivity contribution in [3.05, 3.63) is 21.8 Å². The third kappa shape index (κ3) is 2.08. The molecule has 0 unspecified atom stereocenters. The number of carboxylic acid groups (broad SMARTS) is 1. The summed E-state index contributed by atoms with van der Waals surface area (Å²) in [5.74, 6) is -1.13. The van der Waals surface area contributed by atoms with Crippen LogP contribution in [0.5, 0.6) is 5.88 Å². The van der Waals surface area contributed by atoms with Crippen LogP contribution in [0.15, 0.2) is 6.20 Å². The zero-order valence-electron chi connectivity index (χ0n) is 7.25. The van der Waals surface area contributed by atoms with Gasteiger partial charge in [-0.25, -0.2) is 9.78 Å². The first kappa shape index (κ1) is 11.1. The normalized spacial score (nSPS) is 9.93. The van der Waals surface area contributed by atoms with Crippen molar-refractivity contribution in [3.63, 3.8) is 0 Å². The number of halogens is 2. The minimum absolute atomic E-state index is 0.00838. The van der Waals surface area contributed by atoms with E-state index in [-0.39, 0.29) is 21.5 Å². The van der Waals surface area contributed by atoms with Gasteiger partial charge >= 0.3 is 5.97 Å². The predicted octanol–water partition coefficient (Wildman–Crippen LogP) is 2.49. The van der Waals surface area contributed by atoms with Crippen molar-refractivity contribution in [1.82, 2.24) is 4.98 Å². The maximum atomic E-state index is 10.7. The predicted molar refractivity (Wildman–Crippen MR) is 52.4 cm³/mol. The van der Waals surface area contributed by atoms with Crippen molar-refractivity contribution in [2.24, 2.45) is 0 Å². The lowest BCUT2D eigenvalue weighted by molar-refractivity contribution is 0.0696. The summed E-state index contributed by atoms with van der Waals surface area (Å²) in [7, 11) is 0. The molecule has 0 aliphatic carbocycles. The average molecular weight is 236 g/mol. The Hall–Kier alpha value is -1.00. The monoisotopic (exact) mass is 235 g/mol. The first-order valence-corrected chi connectivity index (χ1v) is 4.53. The number of rotatable bonds is 3. The quantitative estimate of drug-likeness (QED) is 0.875. The van der Waals surface area contributed by atoms with Crippen molar-refractivity contribution >= 4 is 29.2 Å². The van der Waals surface area contributed by atoms with Crippen molar-refractivity contribution in [2.75, 3.05) is 6.61 Å². The summed E-state index contributed by atoms with van der Waals surface area (Å²) >= 11 is 11.3. The van der Waals surface area contributed by atoms with E-state index in [4.69, 9.17) is 33.0 Å². The van der Waals surface area contributed by atoms with E-state index in [1.807, 2.05) is 0 Å². The molecule has 1 heterocycles. The molecule has 1 aromatic rings. The molecule has 1 aromatic heterocycles. The van der Waals surface area contributed by atoms with Gasteiger partial charge in [0.05, 0.1) is 17.8 Å². The molecule has 0 atom stereocenters. The second-order valence-corrected chi connectivity index (χ2v) is 3.12. The minimum atomic E-state index is -1.21. The van der Waals surface area contributed by atoms with Crippen LogP contribution in [-0.4, -0.2) is 22.7 Å². The van der Waals surface area contributed by atoms with E-state index in [0.717, 1.165) is 0 Å². The number of hydrogen-bond acceptors (Lipinski definition) is 3. The lowest BCUT2D eigenvalue weighted by Crippen LogP contribution is -2.03. The third-order valence-electron chi connectivity index (χ3n) is 1.44. The average Bonchev–Trinajstić information content (AvgIpc) is 2.10. The van der Waals surface area contributed by atoms with Crippen LogP contribution >= 0.6 is 23.2 Å². The van der Waals surface area contributed by atoms with Gasteiger partial charge in [0.25, 0.3) is 0 Å². The Bertz CT molecular complexity index is 368. The molecule has 14 heavy (non-hydrogen) atoms. The second kappa shape index (κ2) is 4.48. The van der Waals surface area contributed by atoms with Crippen LogP contribution in [0.25, 0.3) is 0 Å². The van der Waals surface area contributed by atoms with Crippen LogP contribution in [0.4, 0.5) is 0 Å². The van der Waals surface area contributed by atoms with Crippen LogP contribution < -0.4 is 4.74 Å². The van der Waals surface area contributed by atoms with Crippen LogP contribution in [-0.2, 0) is 0 Å². The Balaban J connectivity index is 3.26. The van der Waals surface area contributed by atoms with Gasteiger partial charge in [0, 0.05) is 0 Å². The number of nitrogens with zero attached hydrogens (tertiary/aromatic N) is 1. The summed E-state index contributed by atoms with van der Waals surface area (Å²) in [5.41, 5.74) is -0.188. The molecule has 0 aliphatic heterocycles. The molecule has 6 heteroatoms. The largest absolute Gasteiger partial charge is 0.478 e. The fraction of sp³-hybridized carbons (Fsp3) is 0.250. The Kier molecular flexibility index (Phi) is 3.55. The molecule has 0 fully saturated rings. The highest BCUT2D eigenvalue weighted by Crippen LogP contribution is 2.30. The number of carbonyl (C=O) groups is 1. The first-order chi connectivity index (χ1) is 6.57. The Morgan fingerprint density at radius 1 is 1.64 bits per heavy atom. The minimum Gasteiger partial charge on any atom is -0.478 e. The maximum absolute atomic E-state index is 10.7. The number of hydrogen-bond donors (Lipinski definition) is 1. The number of pyridine rings is 1. The van der Waals surface area contributed by atoms with Gasteiger partial charge in [-0.15, -0.1) is 0 Å². The Morgan fingerprint density at radius 2 is 2.29 bits per heavy atom. The molecule has 0 aliphatic rings. The van der Waals surface area contributed by atoms with Crippen LogP contribution in [0.3, 0.4) is 0 Å². The molecule has 0 radical (unpaired) electrons. The van der Waals surface area contributed by atoms with E-state index in [0.29, 0.717) is 6.61 Å². The summed E-state index contributed by atoms with van der Waals surface area (Å²) in [6.07, 6.45) is 1.20. The van der Waals surface area contributed by atoms with Crippen molar-refractivity contribution in [2.45, 2.75) is 6.92 Å². The second-order valence-electron chi connectivity index (χ2n) is 2.34. The molecule has 0 bridgehead atoms. The van der Waals surface area contributed by atoms with E-state index >= 15 is 0 Å². The van der Waals surface area contributed by atoms with E-state index < -0.39 is 5.97 Å². The summed E-state index contributed by atoms with van der Waals surface area (Å²) in [4.78, 5) is 14.5. The maximum Gasteiger partial charge on any atom is 0.339 e. The molecule has 0 spiro atoms. The molecule has 0 saturated heterocycles. The number of aromatic nitrogens is 1. The van der Waals surface area contributed by atoms with Crippen LogP contribution in [0.2, 0.25) is 10.0 Å². The summed E-state index contributed by atoms with van der Waals surface area (Å²) in [6, 6.07) is 0. The summed E-state index contributed by atoms with van der Waals surface area (Å²) in [6.45, 7) is 2.10. The number of ether oxygens (including phenoxy) is 1. The fourth-order valence-corrected chi connectivity index (χ4v) is 1.44. The highest BCUT2D eigenvalue weighted by atomic mass is 35.5. The van der Waals surface area contributed by atoms with Gasteiger partial charge in [-0.05, 0) is 6.92 Å². The molecular formula is C8H7Cl2NO3. The fourth-order valence-electron chi connectivity index (χ4n) is 0.882. The molecular weight excluding hydrogens is 229 g/mol. The van der Waals surface area contributed by atoms with E-state index in [1.165, 1.54) is 6.20 Å². The zero-order valence-corrected chi connectivity index (χ0v) is 8.76. The van der Waals surface area contributed by atoms with Gasteiger partial charge in [0.2, 0.25) is 5.88 Å². The van der Waals surface area contributed by atoms with Gasteiger partial charge in [-0.2, -0.15) is 0 Å². The highest BCUT2D eigenvalue weighted by Gasteiger charge is 2.18.